The number of hydrogen-bond donors (Lipinski definition) is 0. The molecule has 0 saturated carbocycles. The second-order valence-corrected chi connectivity index (χ2v) is 4.34. The molecule has 0 amide bonds. The molecule has 0 saturated heterocycles. The number of rotatable bonds is 2. The molecule has 5 nitrogen and oxygen atoms in total. The summed E-state index contributed by atoms with van der Waals surface area (Å²) in [5.41, 5.74) is -0.160. The Morgan fingerprint density at radius 1 is 1.44 bits per heavy atom. The zero-order chi connectivity index (χ0) is 11.7. The Hall–Kier alpha value is -1.60. The lowest BCUT2D eigenvalue weighted by Crippen LogP contribution is -1.90. The minimum Gasteiger partial charge on any atom is -0.258 e. The number of nitro benzene ring substituents is 1. The smallest absolute Gasteiger partial charge is 0.258 e. The van der Waals surface area contributed by atoms with Crippen molar-refractivity contribution in [1.82, 2.24) is 10.2 Å². The molecule has 0 bridgehead atoms. The van der Waals surface area contributed by atoms with Gasteiger partial charge in [-0.05, 0) is 17.7 Å². The van der Waals surface area contributed by atoms with Gasteiger partial charge in [-0.1, -0.05) is 11.3 Å². The molecule has 0 atom stereocenters. The van der Waals surface area contributed by atoms with Gasteiger partial charge in [0.05, 0.1) is 11.0 Å². The molecule has 0 radical (unpaired) electrons. The van der Waals surface area contributed by atoms with E-state index in [-0.39, 0.29) is 20.7 Å². The van der Waals surface area contributed by atoms with Crippen LogP contribution in [0, 0.1) is 15.9 Å². The molecule has 2 aromatic rings. The number of halogens is 2. The molecule has 0 aliphatic heterocycles. The van der Waals surface area contributed by atoms with Crippen molar-refractivity contribution in [2.45, 2.75) is 0 Å². The third-order valence-electron chi connectivity index (χ3n) is 1.79. The molecule has 1 aromatic carbocycles. The van der Waals surface area contributed by atoms with Crippen molar-refractivity contribution < 1.29 is 9.31 Å². The van der Waals surface area contributed by atoms with Crippen molar-refractivity contribution in [2.75, 3.05) is 0 Å². The van der Waals surface area contributed by atoms with E-state index in [1.165, 1.54) is 12.1 Å². The topological polar surface area (TPSA) is 68.9 Å². The summed E-state index contributed by atoms with van der Waals surface area (Å²) in [4.78, 5) is 9.73. The summed E-state index contributed by atoms with van der Waals surface area (Å²) in [6, 6.07) is 3.32. The second kappa shape index (κ2) is 4.11. The average molecular weight is 260 g/mol. The molecule has 1 heterocycles. The maximum absolute atomic E-state index is 13.5. The quantitative estimate of drug-likeness (QED) is 0.614. The SMILES string of the molecule is O=[N+]([O-])c1ccc(-c2nnc(Cl)s2)c(F)c1. The van der Waals surface area contributed by atoms with Gasteiger partial charge in [0, 0.05) is 11.6 Å². The van der Waals surface area contributed by atoms with Crippen LogP contribution in [-0.2, 0) is 0 Å². The van der Waals surface area contributed by atoms with E-state index in [9.17, 15) is 14.5 Å². The molecule has 0 aliphatic rings. The molecule has 16 heavy (non-hydrogen) atoms. The third kappa shape index (κ3) is 2.00. The molecular weight excluding hydrogens is 257 g/mol. The Balaban J connectivity index is 2.47. The molecule has 0 spiro atoms. The Labute approximate surface area is 97.7 Å². The van der Waals surface area contributed by atoms with Crippen LogP contribution in [0.1, 0.15) is 0 Å². The van der Waals surface area contributed by atoms with Gasteiger partial charge in [0.1, 0.15) is 5.82 Å². The van der Waals surface area contributed by atoms with Crippen LogP contribution in [0.5, 0.6) is 0 Å². The van der Waals surface area contributed by atoms with Gasteiger partial charge in [-0.2, -0.15) is 0 Å². The van der Waals surface area contributed by atoms with Crippen LogP contribution in [0.25, 0.3) is 10.6 Å². The maximum atomic E-state index is 13.5. The van der Waals surface area contributed by atoms with E-state index in [1.807, 2.05) is 0 Å². The van der Waals surface area contributed by atoms with Crippen molar-refractivity contribution in [3.8, 4) is 10.6 Å². The van der Waals surface area contributed by atoms with Crippen molar-refractivity contribution in [1.29, 1.82) is 0 Å². The largest absolute Gasteiger partial charge is 0.272 e. The fourth-order valence-electron chi connectivity index (χ4n) is 1.11. The van der Waals surface area contributed by atoms with E-state index in [4.69, 9.17) is 11.6 Å². The van der Waals surface area contributed by atoms with Crippen LogP contribution in [-0.4, -0.2) is 15.1 Å². The van der Waals surface area contributed by atoms with Crippen LogP contribution in [0.3, 0.4) is 0 Å². The highest BCUT2D eigenvalue weighted by Gasteiger charge is 2.14. The lowest BCUT2D eigenvalue weighted by Gasteiger charge is -1.97. The fraction of sp³-hybridized carbons (Fsp3) is 0. The minimum absolute atomic E-state index is 0.148. The summed E-state index contributed by atoms with van der Waals surface area (Å²) in [5, 5.41) is 17.9. The standard InChI is InChI=1S/C8H3ClFN3O2S/c9-8-12-11-7(16-8)5-2-1-4(13(14)15)3-6(5)10/h1-3H. The Kier molecular flexibility index (Phi) is 2.80. The summed E-state index contributed by atoms with van der Waals surface area (Å²) in [6.07, 6.45) is 0. The van der Waals surface area contributed by atoms with Gasteiger partial charge in [-0.3, -0.25) is 10.1 Å². The Bertz CT molecular complexity index is 560. The first-order valence-electron chi connectivity index (χ1n) is 4.01. The zero-order valence-corrected chi connectivity index (χ0v) is 9.13. The Morgan fingerprint density at radius 2 is 2.19 bits per heavy atom. The monoisotopic (exact) mass is 259 g/mol. The fourth-order valence-corrected chi connectivity index (χ4v) is 1.96. The molecule has 0 aliphatic carbocycles. The molecule has 2 rings (SSSR count). The maximum Gasteiger partial charge on any atom is 0.272 e. The van der Waals surface area contributed by atoms with Crippen molar-refractivity contribution in [3.05, 3.63) is 38.6 Å². The molecular formula is C8H3ClFN3O2S. The predicted molar refractivity (Wildman–Crippen MR) is 57.0 cm³/mol. The summed E-state index contributed by atoms with van der Waals surface area (Å²) in [5.74, 6) is -0.720. The minimum atomic E-state index is -0.720. The van der Waals surface area contributed by atoms with Gasteiger partial charge in [0.15, 0.2) is 5.01 Å². The summed E-state index contributed by atoms with van der Waals surface area (Å²) in [6.45, 7) is 0. The van der Waals surface area contributed by atoms with Gasteiger partial charge >= 0.3 is 0 Å². The van der Waals surface area contributed by atoms with E-state index < -0.39 is 10.7 Å². The van der Waals surface area contributed by atoms with Gasteiger partial charge in [0.2, 0.25) is 4.47 Å². The van der Waals surface area contributed by atoms with Gasteiger partial charge < -0.3 is 0 Å². The molecule has 0 fully saturated rings. The summed E-state index contributed by atoms with van der Waals surface area (Å²) >= 11 is 6.56. The molecule has 0 N–H and O–H groups in total. The summed E-state index contributed by atoms with van der Waals surface area (Å²) in [7, 11) is 0. The van der Waals surface area contributed by atoms with Gasteiger partial charge in [-0.25, -0.2) is 4.39 Å². The number of aromatic nitrogens is 2. The van der Waals surface area contributed by atoms with Gasteiger partial charge in [0.25, 0.3) is 5.69 Å². The van der Waals surface area contributed by atoms with Crippen LogP contribution in [0.2, 0.25) is 4.47 Å². The van der Waals surface area contributed by atoms with E-state index in [0.29, 0.717) is 0 Å². The average Bonchev–Trinajstić information content (AvgIpc) is 2.64. The van der Waals surface area contributed by atoms with Crippen LogP contribution >= 0.6 is 22.9 Å². The van der Waals surface area contributed by atoms with Crippen molar-refractivity contribution >= 4 is 28.6 Å². The lowest BCUT2D eigenvalue weighted by molar-refractivity contribution is -0.385. The van der Waals surface area contributed by atoms with Gasteiger partial charge in [-0.15, -0.1) is 10.2 Å². The lowest BCUT2D eigenvalue weighted by atomic mass is 10.2. The number of hydrogen-bond acceptors (Lipinski definition) is 5. The van der Waals surface area contributed by atoms with Crippen molar-refractivity contribution in [2.24, 2.45) is 0 Å². The molecule has 0 unspecified atom stereocenters. The van der Waals surface area contributed by atoms with E-state index in [0.717, 1.165) is 17.4 Å². The normalized spacial score (nSPS) is 10.4. The number of benzene rings is 1. The highest BCUT2D eigenvalue weighted by molar-refractivity contribution is 7.18. The molecule has 82 valence electrons. The third-order valence-corrected chi connectivity index (χ3v) is 2.85. The van der Waals surface area contributed by atoms with E-state index in [1.54, 1.807) is 0 Å². The molecule has 1 aromatic heterocycles. The number of nitrogens with zero attached hydrogens (tertiary/aromatic N) is 3. The highest BCUT2D eigenvalue weighted by Crippen LogP contribution is 2.29. The second-order valence-electron chi connectivity index (χ2n) is 2.78. The molecule has 8 heteroatoms. The van der Waals surface area contributed by atoms with Crippen LogP contribution < -0.4 is 0 Å². The first-order chi connectivity index (χ1) is 7.58. The number of non-ortho nitro benzene ring substituents is 1. The summed E-state index contributed by atoms with van der Waals surface area (Å²) < 4.78 is 13.7. The van der Waals surface area contributed by atoms with E-state index in [2.05, 4.69) is 10.2 Å². The highest BCUT2D eigenvalue weighted by atomic mass is 35.5. The first-order valence-corrected chi connectivity index (χ1v) is 5.20. The predicted octanol–water partition coefficient (Wildman–Crippen LogP) is 2.91. The number of nitro groups is 1. The first kappa shape index (κ1) is 10.9. The van der Waals surface area contributed by atoms with E-state index >= 15 is 0 Å². The Morgan fingerprint density at radius 3 is 2.69 bits per heavy atom. The van der Waals surface area contributed by atoms with Crippen molar-refractivity contribution in [3.63, 3.8) is 0 Å². The van der Waals surface area contributed by atoms with Crippen LogP contribution in [0.15, 0.2) is 18.2 Å². The zero-order valence-electron chi connectivity index (χ0n) is 7.55. The van der Waals surface area contributed by atoms with Crippen LogP contribution in [0.4, 0.5) is 10.1 Å².